The van der Waals surface area contributed by atoms with Gasteiger partial charge in [0.25, 0.3) is 5.91 Å². The number of nitrogens with one attached hydrogen (secondary N) is 1. The first-order valence-corrected chi connectivity index (χ1v) is 11.7. The van der Waals surface area contributed by atoms with E-state index in [0.717, 1.165) is 23.3 Å². The van der Waals surface area contributed by atoms with Crippen molar-refractivity contribution < 1.29 is 14.3 Å². The van der Waals surface area contributed by atoms with Crippen LogP contribution >= 0.6 is 11.8 Å². The highest BCUT2D eigenvalue weighted by Gasteiger charge is 2.32. The maximum Gasteiger partial charge on any atom is 0.251 e. The number of carbonyl (C=O) groups excluding carboxylic acids is 2. The molecule has 4 rings (SSSR count). The number of hydrogen-bond donors (Lipinski definition) is 1. The fourth-order valence-electron chi connectivity index (χ4n) is 3.79. The number of nitrogens with zero attached hydrogens (tertiary/aromatic N) is 1. The van der Waals surface area contributed by atoms with E-state index in [1.54, 1.807) is 18.9 Å². The summed E-state index contributed by atoms with van der Waals surface area (Å²) in [6.45, 7) is 1.08. The summed E-state index contributed by atoms with van der Waals surface area (Å²) in [5.74, 6) is 1.26. The molecule has 1 aliphatic rings. The number of benzene rings is 3. The Balaban J connectivity index is 1.38. The van der Waals surface area contributed by atoms with Crippen LogP contribution < -0.4 is 10.1 Å². The Morgan fingerprint density at radius 3 is 2.50 bits per heavy atom. The lowest BCUT2D eigenvalue weighted by Gasteiger charge is -2.24. The quantitative estimate of drug-likeness (QED) is 0.556. The van der Waals surface area contributed by atoms with Crippen LogP contribution in [0.3, 0.4) is 0 Å². The molecule has 3 aromatic carbocycles. The van der Waals surface area contributed by atoms with Gasteiger partial charge in [0, 0.05) is 24.2 Å². The van der Waals surface area contributed by atoms with E-state index < -0.39 is 0 Å². The largest absolute Gasteiger partial charge is 0.496 e. The zero-order chi connectivity index (χ0) is 22.3. The normalized spacial score (nSPS) is 15.6. The van der Waals surface area contributed by atoms with Gasteiger partial charge in [0.05, 0.1) is 12.9 Å². The molecule has 5 nitrogen and oxygen atoms in total. The monoisotopic (exact) mass is 446 g/mol. The van der Waals surface area contributed by atoms with Crippen molar-refractivity contribution in [1.29, 1.82) is 0 Å². The molecule has 0 spiro atoms. The standard InChI is InChI=1S/C26H26N2O3S/c1-31-23-10-6-5-9-22(23)17-27-25(30)20-11-13-21(14-12-20)26-28(24(29)18-32-26)16-15-19-7-3-2-4-8-19/h2-14,26H,15-18H2,1H3,(H,27,30)/t26-/m0/s1. The number of amides is 2. The minimum atomic E-state index is -0.140. The van der Waals surface area contributed by atoms with Gasteiger partial charge in [0.2, 0.25) is 5.91 Å². The predicted molar refractivity (Wildman–Crippen MR) is 128 cm³/mol. The third-order valence-corrected chi connectivity index (χ3v) is 6.80. The molecule has 1 aliphatic heterocycles. The molecular formula is C26H26N2O3S. The highest BCUT2D eigenvalue weighted by atomic mass is 32.2. The molecule has 0 saturated carbocycles. The molecule has 1 N–H and O–H groups in total. The summed E-state index contributed by atoms with van der Waals surface area (Å²) in [6.07, 6.45) is 0.826. The van der Waals surface area contributed by atoms with Crippen molar-refractivity contribution in [2.45, 2.75) is 18.3 Å². The molecule has 32 heavy (non-hydrogen) atoms. The van der Waals surface area contributed by atoms with Crippen molar-refractivity contribution in [3.63, 3.8) is 0 Å². The SMILES string of the molecule is COc1ccccc1CNC(=O)c1ccc([C@@H]2SCC(=O)N2CCc2ccccc2)cc1. The van der Waals surface area contributed by atoms with Gasteiger partial charge in [-0.1, -0.05) is 60.7 Å². The highest BCUT2D eigenvalue weighted by molar-refractivity contribution is 8.00. The number of ether oxygens (including phenoxy) is 1. The van der Waals surface area contributed by atoms with Crippen molar-refractivity contribution in [2.24, 2.45) is 0 Å². The second kappa shape index (κ2) is 10.4. The number of hydrogen-bond acceptors (Lipinski definition) is 4. The predicted octanol–water partition coefficient (Wildman–Crippen LogP) is 4.44. The third-order valence-electron chi connectivity index (χ3n) is 5.54. The second-order valence-corrected chi connectivity index (χ2v) is 8.67. The Kier molecular flexibility index (Phi) is 7.12. The molecule has 2 amide bonds. The topological polar surface area (TPSA) is 58.6 Å². The summed E-state index contributed by atoms with van der Waals surface area (Å²) in [5, 5.41) is 2.93. The smallest absolute Gasteiger partial charge is 0.251 e. The summed E-state index contributed by atoms with van der Waals surface area (Å²) in [5.41, 5.74) is 3.77. The van der Waals surface area contributed by atoms with E-state index in [1.807, 2.05) is 71.6 Å². The number of para-hydroxylation sites is 1. The van der Waals surface area contributed by atoms with E-state index in [-0.39, 0.29) is 17.2 Å². The van der Waals surface area contributed by atoms with Gasteiger partial charge in [-0.15, -0.1) is 11.8 Å². The van der Waals surface area contributed by atoms with Crippen molar-refractivity contribution in [3.05, 3.63) is 101 Å². The van der Waals surface area contributed by atoms with Crippen LogP contribution in [0.25, 0.3) is 0 Å². The van der Waals surface area contributed by atoms with Crippen molar-refractivity contribution in [1.82, 2.24) is 10.2 Å². The Labute approximate surface area is 192 Å². The number of methoxy groups -OCH3 is 1. The lowest BCUT2D eigenvalue weighted by Crippen LogP contribution is -2.30. The molecule has 0 radical (unpaired) electrons. The van der Waals surface area contributed by atoms with Gasteiger partial charge in [0.15, 0.2) is 0 Å². The lowest BCUT2D eigenvalue weighted by atomic mass is 10.1. The molecule has 3 aromatic rings. The van der Waals surface area contributed by atoms with Crippen LogP contribution in [0.15, 0.2) is 78.9 Å². The first-order valence-electron chi connectivity index (χ1n) is 10.6. The minimum absolute atomic E-state index is 0.0168. The summed E-state index contributed by atoms with van der Waals surface area (Å²) >= 11 is 1.63. The molecule has 0 bridgehead atoms. The van der Waals surface area contributed by atoms with Gasteiger partial charge in [-0.3, -0.25) is 9.59 Å². The fourth-order valence-corrected chi connectivity index (χ4v) is 5.01. The van der Waals surface area contributed by atoms with Gasteiger partial charge in [-0.05, 0) is 35.7 Å². The van der Waals surface area contributed by atoms with Gasteiger partial charge < -0.3 is 15.0 Å². The van der Waals surface area contributed by atoms with E-state index in [9.17, 15) is 9.59 Å². The summed E-state index contributed by atoms with van der Waals surface area (Å²) in [7, 11) is 1.62. The molecule has 6 heteroatoms. The van der Waals surface area contributed by atoms with E-state index in [2.05, 4.69) is 17.4 Å². The number of carbonyl (C=O) groups is 2. The zero-order valence-electron chi connectivity index (χ0n) is 18.0. The molecule has 1 saturated heterocycles. The molecule has 1 fully saturated rings. The van der Waals surface area contributed by atoms with Gasteiger partial charge in [-0.25, -0.2) is 0 Å². The Morgan fingerprint density at radius 2 is 1.75 bits per heavy atom. The van der Waals surface area contributed by atoms with Crippen molar-refractivity contribution in [3.8, 4) is 5.75 Å². The summed E-state index contributed by atoms with van der Waals surface area (Å²) in [4.78, 5) is 27.0. The molecule has 164 valence electrons. The van der Waals surface area contributed by atoms with E-state index in [4.69, 9.17) is 4.74 Å². The Bertz CT molecular complexity index is 1070. The first kappa shape index (κ1) is 22.0. The van der Waals surface area contributed by atoms with Crippen LogP contribution in [0.4, 0.5) is 0 Å². The van der Waals surface area contributed by atoms with E-state index in [1.165, 1.54) is 5.56 Å². The molecule has 1 heterocycles. The molecule has 0 aliphatic carbocycles. The Morgan fingerprint density at radius 1 is 1.03 bits per heavy atom. The average Bonchev–Trinajstić information content (AvgIpc) is 3.22. The van der Waals surface area contributed by atoms with Gasteiger partial charge >= 0.3 is 0 Å². The highest BCUT2D eigenvalue weighted by Crippen LogP contribution is 2.38. The lowest BCUT2D eigenvalue weighted by molar-refractivity contribution is -0.128. The van der Waals surface area contributed by atoms with Crippen LogP contribution in [-0.4, -0.2) is 36.1 Å². The van der Waals surface area contributed by atoms with Crippen LogP contribution in [-0.2, 0) is 17.8 Å². The zero-order valence-corrected chi connectivity index (χ0v) is 18.8. The summed E-state index contributed by atoms with van der Waals surface area (Å²) < 4.78 is 5.34. The van der Waals surface area contributed by atoms with Crippen molar-refractivity contribution >= 4 is 23.6 Å². The fraction of sp³-hybridized carbons (Fsp3) is 0.231. The molecule has 0 aromatic heterocycles. The minimum Gasteiger partial charge on any atom is -0.496 e. The van der Waals surface area contributed by atoms with Crippen LogP contribution in [0.2, 0.25) is 0 Å². The van der Waals surface area contributed by atoms with Crippen LogP contribution in [0, 0.1) is 0 Å². The first-order chi connectivity index (χ1) is 15.7. The maximum absolute atomic E-state index is 12.6. The molecule has 0 unspecified atom stereocenters. The summed E-state index contributed by atoms with van der Waals surface area (Å²) in [6, 6.07) is 25.4. The molecule has 1 atom stereocenters. The molecular weight excluding hydrogens is 420 g/mol. The van der Waals surface area contributed by atoms with Gasteiger partial charge in [0.1, 0.15) is 11.1 Å². The van der Waals surface area contributed by atoms with Crippen molar-refractivity contribution in [2.75, 3.05) is 19.4 Å². The number of thioether (sulfide) groups is 1. The third kappa shape index (κ3) is 5.14. The van der Waals surface area contributed by atoms with E-state index in [0.29, 0.717) is 24.4 Å². The van der Waals surface area contributed by atoms with Crippen LogP contribution in [0.1, 0.15) is 32.4 Å². The Hall–Kier alpha value is -3.25. The van der Waals surface area contributed by atoms with Gasteiger partial charge in [-0.2, -0.15) is 0 Å². The average molecular weight is 447 g/mol. The number of rotatable bonds is 8. The maximum atomic E-state index is 12.6. The van der Waals surface area contributed by atoms with E-state index >= 15 is 0 Å². The second-order valence-electron chi connectivity index (χ2n) is 7.60. The van der Waals surface area contributed by atoms with Crippen LogP contribution in [0.5, 0.6) is 5.75 Å².